The van der Waals surface area contributed by atoms with Crippen LogP contribution in [0.15, 0.2) is 72.8 Å². The molecule has 0 aromatic heterocycles. The van der Waals surface area contributed by atoms with E-state index in [2.05, 4.69) is 5.32 Å². The monoisotopic (exact) mass is 594 g/mol. The van der Waals surface area contributed by atoms with Gasteiger partial charge in [-0.2, -0.15) is 0 Å². The van der Waals surface area contributed by atoms with Crippen LogP contribution in [0.4, 0.5) is 4.39 Å². The summed E-state index contributed by atoms with van der Waals surface area (Å²) in [7, 11) is 0. The third kappa shape index (κ3) is 8.84. The lowest BCUT2D eigenvalue weighted by molar-refractivity contribution is -0.288. The van der Waals surface area contributed by atoms with E-state index in [9.17, 15) is 18.8 Å². The molecule has 1 aliphatic rings. The van der Waals surface area contributed by atoms with Gasteiger partial charge in [-0.05, 0) is 52.9 Å². The summed E-state index contributed by atoms with van der Waals surface area (Å²) in [6.07, 6.45) is -5.32. The lowest BCUT2D eigenvalue weighted by atomic mass is 9.97. The predicted molar refractivity (Wildman–Crippen MR) is 154 cm³/mol. The normalized spacial score (nSPS) is 21.5. The van der Waals surface area contributed by atoms with Gasteiger partial charge in [0.1, 0.15) is 23.9 Å². The van der Waals surface area contributed by atoms with E-state index in [-0.39, 0.29) is 12.5 Å². The van der Waals surface area contributed by atoms with Crippen molar-refractivity contribution in [3.63, 3.8) is 0 Å². The first-order chi connectivity index (χ1) is 20.6. The van der Waals surface area contributed by atoms with Crippen LogP contribution in [-0.4, -0.2) is 55.2 Å². The van der Waals surface area contributed by atoms with Crippen molar-refractivity contribution < 1.29 is 42.5 Å². The van der Waals surface area contributed by atoms with Crippen molar-refractivity contribution in [3.05, 3.63) is 89.7 Å². The summed E-state index contributed by atoms with van der Waals surface area (Å²) < 4.78 is 43.4. The van der Waals surface area contributed by atoms with Crippen molar-refractivity contribution in [1.29, 1.82) is 0 Å². The SMILES string of the molecule is CC(=O)NCCc1ccc(O[C@@H]2O[C@@H](N)[C@H](OCc3ccccc3)[C@@H](OC(C)=O)[C@H]2OC(C)=O)cc1-c1cccc(F)c1. The molecule has 11 heteroatoms. The maximum Gasteiger partial charge on any atom is 0.303 e. The zero-order valence-electron chi connectivity index (χ0n) is 24.2. The average molecular weight is 595 g/mol. The summed E-state index contributed by atoms with van der Waals surface area (Å²) in [5, 5.41) is 2.76. The minimum atomic E-state index is -1.29. The molecule has 3 N–H and O–H groups in total. The highest BCUT2D eigenvalue weighted by Crippen LogP contribution is 2.33. The Hall–Kier alpha value is -4.32. The molecule has 0 saturated carbocycles. The van der Waals surface area contributed by atoms with E-state index in [0.717, 1.165) is 11.1 Å². The molecule has 3 aromatic carbocycles. The van der Waals surface area contributed by atoms with Gasteiger partial charge < -0.3 is 34.7 Å². The molecule has 228 valence electrons. The summed E-state index contributed by atoms with van der Waals surface area (Å²) in [5.41, 5.74) is 9.28. The number of hydrogen-bond donors (Lipinski definition) is 2. The summed E-state index contributed by atoms with van der Waals surface area (Å²) in [6.45, 7) is 4.37. The van der Waals surface area contributed by atoms with Crippen LogP contribution in [0.3, 0.4) is 0 Å². The molecule has 43 heavy (non-hydrogen) atoms. The van der Waals surface area contributed by atoms with E-state index in [1.165, 1.54) is 32.9 Å². The minimum Gasteiger partial charge on any atom is -0.461 e. The molecular formula is C32H35FN2O8. The molecule has 3 aromatic rings. The number of hydrogen-bond acceptors (Lipinski definition) is 9. The van der Waals surface area contributed by atoms with Crippen LogP contribution < -0.4 is 15.8 Å². The van der Waals surface area contributed by atoms with Crippen LogP contribution in [-0.2, 0) is 46.4 Å². The third-order valence-corrected chi connectivity index (χ3v) is 6.66. The van der Waals surface area contributed by atoms with Crippen LogP contribution in [0.5, 0.6) is 5.75 Å². The highest BCUT2D eigenvalue weighted by atomic mass is 19.1. The number of benzene rings is 3. The largest absolute Gasteiger partial charge is 0.461 e. The van der Waals surface area contributed by atoms with E-state index < -0.39 is 48.6 Å². The standard InChI is InChI=1S/C32H35FN2O8/c1-19(36)35-15-14-23-12-13-26(17-27(23)24-10-7-11-25(33)16-24)42-32-30(41-21(3)38)28(40-20(2)37)29(31(34)43-32)39-18-22-8-5-4-6-9-22/h4-13,16-17,28-32H,14-15,18,34H2,1-3H3,(H,35,36)/t28-,29-,30-,31-,32-/m1/s1. The second kappa shape index (κ2) is 14.7. The molecule has 10 nitrogen and oxygen atoms in total. The molecule has 4 rings (SSSR count). The zero-order valence-corrected chi connectivity index (χ0v) is 24.2. The van der Waals surface area contributed by atoms with Crippen LogP contribution >= 0.6 is 0 Å². The average Bonchev–Trinajstić information content (AvgIpc) is 2.95. The number of nitrogens with two attached hydrogens (primary N) is 1. The van der Waals surface area contributed by atoms with Crippen molar-refractivity contribution in [2.24, 2.45) is 5.73 Å². The van der Waals surface area contributed by atoms with Crippen LogP contribution in [0.25, 0.3) is 11.1 Å². The lowest BCUT2D eigenvalue weighted by Crippen LogP contribution is -2.64. The zero-order chi connectivity index (χ0) is 30.9. The van der Waals surface area contributed by atoms with E-state index in [1.807, 2.05) is 30.3 Å². The predicted octanol–water partition coefficient (Wildman–Crippen LogP) is 3.64. The maximum absolute atomic E-state index is 14.2. The van der Waals surface area contributed by atoms with Gasteiger partial charge in [0.05, 0.1) is 6.61 Å². The van der Waals surface area contributed by atoms with Gasteiger partial charge in [-0.25, -0.2) is 4.39 Å². The highest BCUT2D eigenvalue weighted by molar-refractivity contribution is 5.73. The lowest BCUT2D eigenvalue weighted by Gasteiger charge is -2.43. The molecule has 1 saturated heterocycles. The number of ether oxygens (including phenoxy) is 5. The van der Waals surface area contributed by atoms with Gasteiger partial charge in [0.25, 0.3) is 0 Å². The summed E-state index contributed by atoms with van der Waals surface area (Å²) in [4.78, 5) is 35.7. The molecule has 0 aliphatic carbocycles. The Labute approximate surface area is 249 Å². The summed E-state index contributed by atoms with van der Waals surface area (Å²) in [6, 6.07) is 20.5. The van der Waals surface area contributed by atoms with Gasteiger partial charge in [0.2, 0.25) is 18.3 Å². The second-order valence-corrected chi connectivity index (χ2v) is 10.1. The first-order valence-corrected chi connectivity index (χ1v) is 13.8. The fraction of sp³-hybridized carbons (Fsp3) is 0.344. The maximum atomic E-state index is 14.2. The van der Waals surface area contributed by atoms with E-state index in [1.54, 1.807) is 30.3 Å². The molecule has 1 aliphatic heterocycles. The molecular weight excluding hydrogens is 559 g/mol. The summed E-state index contributed by atoms with van der Waals surface area (Å²) in [5.74, 6) is -1.59. The van der Waals surface area contributed by atoms with Crippen molar-refractivity contribution in [2.75, 3.05) is 6.54 Å². The Morgan fingerprint density at radius 3 is 2.28 bits per heavy atom. The molecule has 0 bridgehead atoms. The number of nitrogens with one attached hydrogen (secondary N) is 1. The van der Waals surface area contributed by atoms with Crippen LogP contribution in [0, 0.1) is 5.82 Å². The Kier molecular flexibility index (Phi) is 10.8. The summed E-state index contributed by atoms with van der Waals surface area (Å²) >= 11 is 0. The van der Waals surface area contributed by atoms with E-state index in [0.29, 0.717) is 29.8 Å². The van der Waals surface area contributed by atoms with Crippen LogP contribution in [0.2, 0.25) is 0 Å². The number of rotatable bonds is 11. The van der Waals surface area contributed by atoms with Gasteiger partial charge in [-0.3, -0.25) is 14.4 Å². The van der Waals surface area contributed by atoms with Gasteiger partial charge in [-0.15, -0.1) is 0 Å². The van der Waals surface area contributed by atoms with Gasteiger partial charge in [0.15, 0.2) is 6.10 Å². The fourth-order valence-corrected chi connectivity index (χ4v) is 4.81. The van der Waals surface area contributed by atoms with Crippen molar-refractivity contribution in [3.8, 4) is 16.9 Å². The number of carbonyl (C=O) groups is 3. The smallest absolute Gasteiger partial charge is 0.303 e. The molecule has 0 radical (unpaired) electrons. The molecule has 1 fully saturated rings. The Balaban J connectivity index is 1.63. The number of carbonyl (C=O) groups excluding carboxylic acids is 3. The fourth-order valence-electron chi connectivity index (χ4n) is 4.81. The van der Waals surface area contributed by atoms with Crippen LogP contribution in [0.1, 0.15) is 31.9 Å². The topological polar surface area (TPSA) is 135 Å². The van der Waals surface area contributed by atoms with Crippen molar-refractivity contribution in [1.82, 2.24) is 5.32 Å². The van der Waals surface area contributed by atoms with Gasteiger partial charge >= 0.3 is 11.9 Å². The van der Waals surface area contributed by atoms with Crippen molar-refractivity contribution in [2.45, 2.75) is 64.6 Å². The molecule has 1 amide bonds. The highest BCUT2D eigenvalue weighted by Gasteiger charge is 2.51. The van der Waals surface area contributed by atoms with Gasteiger partial charge in [0, 0.05) is 27.3 Å². The molecule has 0 spiro atoms. The molecule has 5 atom stereocenters. The quantitative estimate of drug-likeness (QED) is 0.319. The Morgan fingerprint density at radius 1 is 0.884 bits per heavy atom. The number of esters is 2. The minimum absolute atomic E-state index is 0.135. The van der Waals surface area contributed by atoms with E-state index in [4.69, 9.17) is 29.4 Å². The van der Waals surface area contributed by atoms with E-state index >= 15 is 0 Å². The third-order valence-electron chi connectivity index (χ3n) is 6.66. The second-order valence-electron chi connectivity index (χ2n) is 10.1. The molecule has 1 heterocycles. The first kappa shape index (κ1) is 31.6. The number of halogens is 1. The number of amides is 1. The van der Waals surface area contributed by atoms with Gasteiger partial charge in [-0.1, -0.05) is 48.5 Å². The van der Waals surface area contributed by atoms with Crippen molar-refractivity contribution >= 4 is 17.8 Å². The first-order valence-electron chi connectivity index (χ1n) is 13.8. The molecule has 0 unspecified atom stereocenters. The Bertz CT molecular complexity index is 1420. The Morgan fingerprint density at radius 2 is 1.60 bits per heavy atom.